The second-order valence-electron chi connectivity index (χ2n) is 6.58. The molecule has 0 amide bonds. The van der Waals surface area contributed by atoms with Gasteiger partial charge in [0.15, 0.2) is 0 Å². The van der Waals surface area contributed by atoms with Crippen molar-refractivity contribution >= 4 is 11.6 Å². The molecule has 0 aromatic heterocycles. The van der Waals surface area contributed by atoms with E-state index >= 15 is 0 Å². The van der Waals surface area contributed by atoms with Gasteiger partial charge in [0.25, 0.3) is 0 Å². The van der Waals surface area contributed by atoms with Crippen LogP contribution in [0.3, 0.4) is 0 Å². The summed E-state index contributed by atoms with van der Waals surface area (Å²) in [5.41, 5.74) is 0.780. The fourth-order valence-corrected chi connectivity index (χ4v) is 3.72. The van der Waals surface area contributed by atoms with E-state index in [9.17, 15) is 4.39 Å². The highest BCUT2D eigenvalue weighted by molar-refractivity contribution is 6.30. The molecule has 1 aliphatic rings. The molecule has 2 rings (SSSR count). The summed E-state index contributed by atoms with van der Waals surface area (Å²) in [5.74, 6) is 1.86. The number of rotatable bonds is 6. The molecule has 0 aliphatic heterocycles. The standard InChI is InChI=1S/C18H27ClFN/c1-3-8-21-12-14-5-4-13(2)9-15(14)10-16-11-17(19)6-7-18(16)20/h6-7,11,13-15,21H,3-5,8-10,12H2,1-2H3. The molecule has 118 valence electrons. The molecule has 1 fully saturated rings. The Hall–Kier alpha value is -0.600. The summed E-state index contributed by atoms with van der Waals surface area (Å²) in [6.45, 7) is 6.64. The van der Waals surface area contributed by atoms with Gasteiger partial charge in [0.05, 0.1) is 0 Å². The van der Waals surface area contributed by atoms with Crippen molar-refractivity contribution in [1.82, 2.24) is 5.32 Å². The largest absolute Gasteiger partial charge is 0.316 e. The molecule has 3 unspecified atom stereocenters. The third kappa shape index (κ3) is 4.96. The Morgan fingerprint density at radius 2 is 2.10 bits per heavy atom. The van der Waals surface area contributed by atoms with Gasteiger partial charge in [0.2, 0.25) is 0 Å². The second kappa shape index (κ2) is 8.14. The van der Waals surface area contributed by atoms with Gasteiger partial charge in [-0.1, -0.05) is 31.9 Å². The molecule has 0 spiro atoms. The van der Waals surface area contributed by atoms with Crippen molar-refractivity contribution < 1.29 is 4.39 Å². The highest BCUT2D eigenvalue weighted by atomic mass is 35.5. The van der Waals surface area contributed by atoms with Gasteiger partial charge in [-0.25, -0.2) is 4.39 Å². The van der Waals surface area contributed by atoms with Crippen molar-refractivity contribution in [2.75, 3.05) is 13.1 Å². The lowest BCUT2D eigenvalue weighted by Crippen LogP contribution is -2.34. The maximum Gasteiger partial charge on any atom is 0.126 e. The summed E-state index contributed by atoms with van der Waals surface area (Å²) < 4.78 is 14.0. The molecule has 0 bridgehead atoms. The Bertz CT molecular complexity index is 449. The van der Waals surface area contributed by atoms with Gasteiger partial charge in [-0.2, -0.15) is 0 Å². The van der Waals surface area contributed by atoms with Gasteiger partial charge < -0.3 is 5.32 Å². The third-order valence-electron chi connectivity index (χ3n) is 4.73. The van der Waals surface area contributed by atoms with Crippen molar-refractivity contribution in [1.29, 1.82) is 0 Å². The third-order valence-corrected chi connectivity index (χ3v) is 4.96. The molecule has 0 radical (unpaired) electrons. The molecule has 1 saturated carbocycles. The zero-order chi connectivity index (χ0) is 15.2. The number of hydrogen-bond acceptors (Lipinski definition) is 1. The Kier molecular flexibility index (Phi) is 6.50. The van der Waals surface area contributed by atoms with Gasteiger partial charge in [-0.15, -0.1) is 0 Å². The summed E-state index contributed by atoms with van der Waals surface area (Å²) in [5, 5.41) is 4.18. The Balaban J connectivity index is 2.03. The van der Waals surface area contributed by atoms with E-state index < -0.39 is 0 Å². The lowest BCUT2D eigenvalue weighted by molar-refractivity contribution is 0.183. The van der Waals surface area contributed by atoms with E-state index in [1.165, 1.54) is 25.3 Å². The summed E-state index contributed by atoms with van der Waals surface area (Å²) in [4.78, 5) is 0. The summed E-state index contributed by atoms with van der Waals surface area (Å²) in [7, 11) is 0. The summed E-state index contributed by atoms with van der Waals surface area (Å²) in [6.07, 6.45) is 5.73. The number of nitrogens with one attached hydrogen (secondary N) is 1. The van der Waals surface area contributed by atoms with E-state index in [1.54, 1.807) is 12.1 Å². The first-order valence-electron chi connectivity index (χ1n) is 8.24. The van der Waals surface area contributed by atoms with E-state index in [0.29, 0.717) is 16.9 Å². The Labute approximate surface area is 133 Å². The van der Waals surface area contributed by atoms with Crippen LogP contribution in [0.1, 0.15) is 45.1 Å². The average molecular weight is 312 g/mol. The zero-order valence-electron chi connectivity index (χ0n) is 13.2. The monoisotopic (exact) mass is 311 g/mol. The molecule has 1 nitrogen and oxygen atoms in total. The average Bonchev–Trinajstić information content (AvgIpc) is 2.45. The first kappa shape index (κ1) is 16.8. The first-order valence-corrected chi connectivity index (χ1v) is 8.62. The van der Waals surface area contributed by atoms with Gasteiger partial charge in [-0.3, -0.25) is 0 Å². The Morgan fingerprint density at radius 1 is 1.29 bits per heavy atom. The summed E-state index contributed by atoms with van der Waals surface area (Å²) >= 11 is 6.02. The van der Waals surface area contributed by atoms with E-state index in [2.05, 4.69) is 19.2 Å². The van der Waals surface area contributed by atoms with Crippen LogP contribution in [0.25, 0.3) is 0 Å². The number of halogens is 2. The molecule has 1 aromatic rings. The van der Waals surface area contributed by atoms with E-state index in [1.807, 2.05) is 0 Å². The molecule has 0 saturated heterocycles. The molecule has 3 atom stereocenters. The smallest absolute Gasteiger partial charge is 0.126 e. The molecule has 1 aromatic carbocycles. The van der Waals surface area contributed by atoms with Crippen LogP contribution in [0, 0.1) is 23.6 Å². The van der Waals surface area contributed by atoms with Crippen LogP contribution in [0.5, 0.6) is 0 Å². The lowest BCUT2D eigenvalue weighted by atomic mass is 9.72. The van der Waals surface area contributed by atoms with Gasteiger partial charge in [0.1, 0.15) is 5.82 Å². The Morgan fingerprint density at radius 3 is 2.86 bits per heavy atom. The minimum atomic E-state index is -0.113. The van der Waals surface area contributed by atoms with E-state index in [-0.39, 0.29) is 5.82 Å². The predicted octanol–water partition coefficient (Wildman–Crippen LogP) is 5.07. The molecule has 0 heterocycles. The predicted molar refractivity (Wildman–Crippen MR) is 88.3 cm³/mol. The van der Waals surface area contributed by atoms with Crippen LogP contribution < -0.4 is 5.32 Å². The van der Waals surface area contributed by atoms with Crippen LogP contribution in [0.2, 0.25) is 5.02 Å². The first-order chi connectivity index (χ1) is 10.1. The number of hydrogen-bond donors (Lipinski definition) is 1. The normalized spacial score (nSPS) is 26.0. The molecule has 3 heteroatoms. The molecular formula is C18H27ClFN. The zero-order valence-corrected chi connectivity index (χ0v) is 13.9. The van der Waals surface area contributed by atoms with Crippen molar-refractivity contribution in [2.24, 2.45) is 17.8 Å². The maximum atomic E-state index is 14.0. The minimum absolute atomic E-state index is 0.113. The fourth-order valence-electron chi connectivity index (χ4n) is 3.53. The van der Waals surface area contributed by atoms with E-state index in [4.69, 9.17) is 11.6 Å². The van der Waals surface area contributed by atoms with Crippen LogP contribution in [-0.2, 0) is 6.42 Å². The molecular weight excluding hydrogens is 285 g/mol. The maximum absolute atomic E-state index is 14.0. The van der Waals surface area contributed by atoms with Gasteiger partial charge in [-0.05, 0) is 80.3 Å². The fraction of sp³-hybridized carbons (Fsp3) is 0.667. The van der Waals surface area contributed by atoms with Gasteiger partial charge >= 0.3 is 0 Å². The van der Waals surface area contributed by atoms with Crippen molar-refractivity contribution in [3.63, 3.8) is 0 Å². The highest BCUT2D eigenvalue weighted by Gasteiger charge is 2.29. The SMILES string of the molecule is CCCNCC1CCC(C)CC1Cc1cc(Cl)ccc1F. The highest BCUT2D eigenvalue weighted by Crippen LogP contribution is 2.36. The molecule has 1 N–H and O–H groups in total. The van der Waals surface area contributed by atoms with E-state index in [0.717, 1.165) is 37.4 Å². The lowest BCUT2D eigenvalue weighted by Gasteiger charge is -2.35. The molecule has 21 heavy (non-hydrogen) atoms. The van der Waals surface area contributed by atoms with Crippen molar-refractivity contribution in [3.8, 4) is 0 Å². The van der Waals surface area contributed by atoms with Crippen molar-refractivity contribution in [3.05, 3.63) is 34.6 Å². The second-order valence-corrected chi connectivity index (χ2v) is 7.02. The van der Waals surface area contributed by atoms with Crippen molar-refractivity contribution in [2.45, 2.75) is 46.0 Å². The van der Waals surface area contributed by atoms with Crippen LogP contribution in [-0.4, -0.2) is 13.1 Å². The minimum Gasteiger partial charge on any atom is -0.316 e. The topological polar surface area (TPSA) is 12.0 Å². The van der Waals surface area contributed by atoms with Crippen LogP contribution in [0.4, 0.5) is 4.39 Å². The van der Waals surface area contributed by atoms with Crippen LogP contribution >= 0.6 is 11.6 Å². The summed E-state index contributed by atoms with van der Waals surface area (Å²) in [6, 6.07) is 4.92. The van der Waals surface area contributed by atoms with Gasteiger partial charge in [0, 0.05) is 5.02 Å². The quantitative estimate of drug-likeness (QED) is 0.723. The number of benzene rings is 1. The van der Waals surface area contributed by atoms with Crippen LogP contribution in [0.15, 0.2) is 18.2 Å². The molecule has 1 aliphatic carbocycles.